The average Bonchev–Trinajstić information content (AvgIpc) is 2.13. The highest BCUT2D eigenvalue weighted by Crippen LogP contribution is 1.90. The molecule has 0 spiro atoms. The van der Waals surface area contributed by atoms with Crippen LogP contribution in [-0.4, -0.2) is 42.0 Å². The molecule has 2 N–H and O–H groups in total. The van der Waals surface area contributed by atoms with Crippen molar-refractivity contribution in [2.24, 2.45) is 0 Å². The van der Waals surface area contributed by atoms with Crippen molar-refractivity contribution in [2.75, 3.05) is 6.61 Å². The number of Topliss-reactive ketones (excluding diaryl/α,β-unsaturated/α-hetero) is 1. The first-order valence-corrected chi connectivity index (χ1v) is 4.06. The average molecular weight is 203 g/mol. The van der Waals surface area contributed by atoms with Gasteiger partial charge in [0.2, 0.25) is 6.41 Å². The highest BCUT2D eigenvalue weighted by Gasteiger charge is 2.16. The lowest BCUT2D eigenvalue weighted by Crippen LogP contribution is -2.36. The molecule has 0 aromatic rings. The van der Waals surface area contributed by atoms with E-state index < -0.39 is 30.5 Å². The summed E-state index contributed by atoms with van der Waals surface area (Å²) in [6, 6.07) is -0.700. The summed E-state index contributed by atoms with van der Waals surface area (Å²) in [6.45, 7) is 2.25. The van der Waals surface area contributed by atoms with Crippen molar-refractivity contribution in [3.05, 3.63) is 0 Å². The van der Waals surface area contributed by atoms with Crippen molar-refractivity contribution >= 4 is 18.2 Å². The molecule has 0 saturated heterocycles. The van der Waals surface area contributed by atoms with Crippen LogP contribution < -0.4 is 5.32 Å². The molecule has 80 valence electrons. The van der Waals surface area contributed by atoms with E-state index in [1.165, 1.54) is 13.8 Å². The molecule has 6 heteroatoms. The number of esters is 1. The number of aliphatic hydroxyl groups is 1. The fourth-order valence-electron chi connectivity index (χ4n) is 0.583. The van der Waals surface area contributed by atoms with Crippen molar-refractivity contribution < 1.29 is 24.2 Å². The van der Waals surface area contributed by atoms with Crippen molar-refractivity contribution in [2.45, 2.75) is 26.0 Å². The maximum absolute atomic E-state index is 11.1. The van der Waals surface area contributed by atoms with E-state index in [0.29, 0.717) is 6.41 Å². The van der Waals surface area contributed by atoms with Gasteiger partial charge in [-0.1, -0.05) is 0 Å². The van der Waals surface area contributed by atoms with Crippen LogP contribution in [0.2, 0.25) is 0 Å². The van der Waals surface area contributed by atoms with Gasteiger partial charge in [0.25, 0.3) is 0 Å². The molecule has 0 fully saturated rings. The van der Waals surface area contributed by atoms with Gasteiger partial charge in [-0.05, 0) is 13.8 Å². The second kappa shape index (κ2) is 6.09. The Hall–Kier alpha value is -1.43. The van der Waals surface area contributed by atoms with Gasteiger partial charge in [-0.25, -0.2) is 4.79 Å². The van der Waals surface area contributed by atoms with Gasteiger partial charge in [0.15, 0.2) is 12.4 Å². The number of hydrogen-bond donors (Lipinski definition) is 2. The van der Waals surface area contributed by atoms with E-state index in [1.54, 1.807) is 0 Å². The largest absolute Gasteiger partial charge is 0.456 e. The van der Waals surface area contributed by atoms with Crippen LogP contribution in [0, 0.1) is 0 Å². The maximum atomic E-state index is 11.1. The summed E-state index contributed by atoms with van der Waals surface area (Å²) >= 11 is 0. The van der Waals surface area contributed by atoms with Gasteiger partial charge in [0.05, 0.1) is 6.04 Å². The zero-order chi connectivity index (χ0) is 11.1. The third-order valence-electron chi connectivity index (χ3n) is 1.50. The molecule has 0 rings (SSSR count). The molecule has 0 aliphatic rings. The molecule has 14 heavy (non-hydrogen) atoms. The molecule has 1 unspecified atom stereocenters. The fraction of sp³-hybridized carbons (Fsp3) is 0.625. The van der Waals surface area contributed by atoms with Crippen molar-refractivity contribution in [1.82, 2.24) is 5.32 Å². The van der Waals surface area contributed by atoms with Crippen LogP contribution in [0.3, 0.4) is 0 Å². The Morgan fingerprint density at radius 3 is 2.50 bits per heavy atom. The predicted molar refractivity (Wildman–Crippen MR) is 46.3 cm³/mol. The van der Waals surface area contributed by atoms with E-state index in [4.69, 9.17) is 5.11 Å². The number of aliphatic hydroxyl groups excluding tert-OH is 1. The van der Waals surface area contributed by atoms with Gasteiger partial charge in [-0.3, -0.25) is 9.59 Å². The Morgan fingerprint density at radius 2 is 2.07 bits per heavy atom. The zero-order valence-electron chi connectivity index (χ0n) is 8.02. The molecule has 0 aromatic carbocycles. The van der Waals surface area contributed by atoms with Crippen molar-refractivity contribution in [1.29, 1.82) is 0 Å². The van der Waals surface area contributed by atoms with E-state index >= 15 is 0 Å². The number of ether oxygens (including phenoxy) is 1. The Labute approximate surface area is 81.2 Å². The summed E-state index contributed by atoms with van der Waals surface area (Å²) in [5.41, 5.74) is 0. The lowest BCUT2D eigenvalue weighted by molar-refractivity contribution is -0.155. The summed E-state index contributed by atoms with van der Waals surface area (Å²) < 4.78 is 4.44. The lowest BCUT2D eigenvalue weighted by atomic mass is 10.2. The normalized spacial score (nSPS) is 13.9. The molecular formula is C8H13NO5. The van der Waals surface area contributed by atoms with Crippen LogP contribution in [0.15, 0.2) is 0 Å². The van der Waals surface area contributed by atoms with Gasteiger partial charge in [0, 0.05) is 0 Å². The predicted octanol–water partition coefficient (Wildman–Crippen LogP) is -1.39. The zero-order valence-corrected chi connectivity index (χ0v) is 8.02. The highest BCUT2D eigenvalue weighted by atomic mass is 16.5. The second-order valence-electron chi connectivity index (χ2n) is 2.76. The third kappa shape index (κ3) is 4.56. The van der Waals surface area contributed by atoms with E-state index in [-0.39, 0.29) is 0 Å². The molecule has 0 bridgehead atoms. The summed E-state index contributed by atoms with van der Waals surface area (Å²) in [5, 5.41) is 10.9. The molecular weight excluding hydrogens is 190 g/mol. The minimum Gasteiger partial charge on any atom is -0.456 e. The smallest absolute Gasteiger partial charge is 0.335 e. The molecule has 0 aliphatic heterocycles. The SMILES string of the molecule is CC(O)C(=O)OCC(=O)[C@@H](C)NC=O. The minimum absolute atomic E-state index is 0.388. The van der Waals surface area contributed by atoms with E-state index in [9.17, 15) is 14.4 Å². The van der Waals surface area contributed by atoms with Gasteiger partial charge >= 0.3 is 5.97 Å². The topological polar surface area (TPSA) is 92.7 Å². The maximum Gasteiger partial charge on any atom is 0.335 e. The molecule has 0 heterocycles. The summed E-state index contributed by atoms with van der Waals surface area (Å²) in [6.07, 6.45) is -0.865. The Morgan fingerprint density at radius 1 is 1.50 bits per heavy atom. The number of amides is 1. The molecule has 0 aromatic heterocycles. The number of carbonyl (C=O) groups excluding carboxylic acids is 3. The summed E-state index contributed by atoms with van der Waals surface area (Å²) in [4.78, 5) is 31.7. The fourth-order valence-corrected chi connectivity index (χ4v) is 0.583. The van der Waals surface area contributed by atoms with Crippen LogP contribution in [0.1, 0.15) is 13.8 Å². The van der Waals surface area contributed by atoms with Crippen molar-refractivity contribution in [3.8, 4) is 0 Å². The van der Waals surface area contributed by atoms with Crippen LogP contribution in [0.5, 0.6) is 0 Å². The number of rotatable bonds is 6. The molecule has 2 atom stereocenters. The van der Waals surface area contributed by atoms with Gasteiger partial charge in [-0.2, -0.15) is 0 Å². The summed E-state index contributed by atoms with van der Waals surface area (Å²) in [7, 11) is 0. The van der Waals surface area contributed by atoms with E-state index in [1.807, 2.05) is 0 Å². The monoisotopic (exact) mass is 203 g/mol. The Balaban J connectivity index is 3.84. The van der Waals surface area contributed by atoms with Crippen LogP contribution >= 0.6 is 0 Å². The standard InChI is InChI=1S/C8H13NO5/c1-5(9-4-10)7(12)3-14-8(13)6(2)11/h4-6,11H,3H2,1-2H3,(H,9,10)/t5-,6?/m1/s1. The number of ketones is 1. The first-order chi connectivity index (χ1) is 6.49. The minimum atomic E-state index is -1.25. The Kier molecular flexibility index (Phi) is 5.47. The second-order valence-corrected chi connectivity index (χ2v) is 2.76. The number of carbonyl (C=O) groups is 3. The van der Waals surface area contributed by atoms with E-state index in [0.717, 1.165) is 0 Å². The summed E-state index contributed by atoms with van der Waals surface area (Å²) in [5.74, 6) is -1.30. The quantitative estimate of drug-likeness (QED) is 0.409. The van der Waals surface area contributed by atoms with E-state index in [2.05, 4.69) is 10.1 Å². The van der Waals surface area contributed by atoms with Crippen LogP contribution in [-0.2, 0) is 19.1 Å². The van der Waals surface area contributed by atoms with Crippen LogP contribution in [0.25, 0.3) is 0 Å². The highest BCUT2D eigenvalue weighted by molar-refractivity contribution is 5.88. The van der Waals surface area contributed by atoms with Gasteiger partial charge in [0.1, 0.15) is 6.10 Å². The van der Waals surface area contributed by atoms with Gasteiger partial charge < -0.3 is 15.2 Å². The molecule has 0 radical (unpaired) electrons. The lowest BCUT2D eigenvalue weighted by Gasteiger charge is -2.10. The molecule has 1 amide bonds. The van der Waals surface area contributed by atoms with Crippen molar-refractivity contribution in [3.63, 3.8) is 0 Å². The molecule has 0 saturated carbocycles. The number of hydrogen-bond acceptors (Lipinski definition) is 5. The first kappa shape index (κ1) is 12.6. The third-order valence-corrected chi connectivity index (χ3v) is 1.50. The molecule has 6 nitrogen and oxygen atoms in total. The number of nitrogens with one attached hydrogen (secondary N) is 1. The first-order valence-electron chi connectivity index (χ1n) is 4.06. The Bertz CT molecular complexity index is 226. The molecule has 0 aliphatic carbocycles. The van der Waals surface area contributed by atoms with Gasteiger partial charge in [-0.15, -0.1) is 0 Å². The van der Waals surface area contributed by atoms with Crippen LogP contribution in [0.4, 0.5) is 0 Å².